The van der Waals surface area contributed by atoms with Crippen LogP contribution in [0.15, 0.2) is 151 Å². The van der Waals surface area contributed by atoms with Crippen molar-refractivity contribution in [2.24, 2.45) is 0 Å². The topological polar surface area (TPSA) is 31.0 Å². The minimum atomic E-state index is -0.502. The molecule has 268 valence electrons. The van der Waals surface area contributed by atoms with Gasteiger partial charge in [-0.05, 0) is 93.8 Å². The maximum atomic E-state index is 6.63. The van der Waals surface area contributed by atoms with Gasteiger partial charge in [-0.3, -0.25) is 4.57 Å². The molecule has 0 radical (unpaired) electrons. The fourth-order valence-electron chi connectivity index (χ4n) is 9.39. The second-order valence-corrected chi connectivity index (χ2v) is 14.1. The number of fused-ring (bicyclic) bond motifs is 12. The maximum absolute atomic E-state index is 6.63. The van der Waals surface area contributed by atoms with Crippen molar-refractivity contribution in [2.45, 2.75) is 46.5 Å². The molecule has 1 atom stereocenters. The van der Waals surface area contributed by atoms with E-state index in [2.05, 4.69) is 171 Å². The SMILES string of the molecule is C=Cc1nc(-c2ccc(-c3cccc4c3-c3ccccc3C43c4ccccc4-c4ccc5oc(CC)c(/C=C\C)c5c43)cc2)n(-c2ccccc2)c1C.CC. The van der Waals surface area contributed by atoms with Crippen LogP contribution >= 0.6 is 0 Å². The number of benzene rings is 6. The van der Waals surface area contributed by atoms with Crippen LogP contribution in [0.2, 0.25) is 0 Å². The van der Waals surface area contributed by atoms with Crippen LogP contribution in [0, 0.1) is 6.92 Å². The highest BCUT2D eigenvalue weighted by Gasteiger charge is 2.53. The molecule has 2 aliphatic carbocycles. The van der Waals surface area contributed by atoms with Gasteiger partial charge in [-0.1, -0.05) is 155 Å². The van der Waals surface area contributed by atoms with Gasteiger partial charge in [0.05, 0.1) is 11.1 Å². The third kappa shape index (κ3) is 4.79. The first-order chi connectivity index (χ1) is 27.1. The number of imidazole rings is 1. The van der Waals surface area contributed by atoms with Gasteiger partial charge in [-0.2, -0.15) is 0 Å². The Morgan fingerprint density at radius 3 is 2.04 bits per heavy atom. The summed E-state index contributed by atoms with van der Waals surface area (Å²) in [6.07, 6.45) is 7.05. The number of hydrogen-bond donors (Lipinski definition) is 0. The van der Waals surface area contributed by atoms with Crippen LogP contribution in [-0.2, 0) is 11.8 Å². The van der Waals surface area contributed by atoms with Crippen LogP contribution in [-0.4, -0.2) is 9.55 Å². The van der Waals surface area contributed by atoms with Gasteiger partial charge in [0.15, 0.2) is 0 Å². The van der Waals surface area contributed by atoms with E-state index >= 15 is 0 Å². The third-order valence-corrected chi connectivity index (χ3v) is 11.5. The molecule has 1 spiro atoms. The zero-order valence-electron chi connectivity index (χ0n) is 32.2. The van der Waals surface area contributed by atoms with E-state index in [0.717, 1.165) is 46.2 Å². The van der Waals surface area contributed by atoms with Gasteiger partial charge in [0.25, 0.3) is 0 Å². The summed E-state index contributed by atoms with van der Waals surface area (Å²) in [5.74, 6) is 1.94. The van der Waals surface area contributed by atoms with E-state index in [0.29, 0.717) is 0 Å². The van der Waals surface area contributed by atoms with Gasteiger partial charge in [0, 0.05) is 34.3 Å². The number of para-hydroxylation sites is 1. The third-order valence-electron chi connectivity index (χ3n) is 11.5. The molecule has 8 aromatic rings. The summed E-state index contributed by atoms with van der Waals surface area (Å²) in [7, 11) is 0. The van der Waals surface area contributed by atoms with E-state index in [-0.39, 0.29) is 0 Å². The quantitative estimate of drug-likeness (QED) is 0.172. The number of furan rings is 1. The van der Waals surface area contributed by atoms with Crippen molar-refractivity contribution >= 4 is 23.1 Å². The summed E-state index contributed by atoms with van der Waals surface area (Å²) in [4.78, 5) is 5.04. The summed E-state index contributed by atoms with van der Waals surface area (Å²) >= 11 is 0. The molecular formula is C52H44N2O. The monoisotopic (exact) mass is 712 g/mol. The van der Waals surface area contributed by atoms with E-state index in [1.807, 2.05) is 26.0 Å². The Balaban J connectivity index is 0.00000195. The second kappa shape index (κ2) is 13.4. The zero-order chi connectivity index (χ0) is 37.8. The molecule has 55 heavy (non-hydrogen) atoms. The predicted molar refractivity (Wildman–Crippen MR) is 231 cm³/mol. The van der Waals surface area contributed by atoms with Gasteiger partial charge < -0.3 is 4.42 Å². The van der Waals surface area contributed by atoms with Crippen molar-refractivity contribution in [1.29, 1.82) is 0 Å². The van der Waals surface area contributed by atoms with Crippen molar-refractivity contribution in [3.63, 3.8) is 0 Å². The Morgan fingerprint density at radius 1 is 0.691 bits per heavy atom. The summed E-state index contributed by atoms with van der Waals surface area (Å²) in [6, 6.07) is 48.8. The normalized spacial score (nSPS) is 14.8. The van der Waals surface area contributed by atoms with Crippen LogP contribution in [0.3, 0.4) is 0 Å². The van der Waals surface area contributed by atoms with E-state index < -0.39 is 5.41 Å². The molecule has 10 rings (SSSR count). The summed E-state index contributed by atoms with van der Waals surface area (Å²) < 4.78 is 8.86. The minimum absolute atomic E-state index is 0.502. The highest BCUT2D eigenvalue weighted by molar-refractivity contribution is 6.07. The molecule has 0 saturated carbocycles. The van der Waals surface area contributed by atoms with Gasteiger partial charge in [-0.25, -0.2) is 4.98 Å². The average Bonchev–Trinajstić information content (AvgIpc) is 3.96. The van der Waals surface area contributed by atoms with Gasteiger partial charge >= 0.3 is 0 Å². The Bertz CT molecular complexity index is 2790. The molecular weight excluding hydrogens is 669 g/mol. The highest BCUT2D eigenvalue weighted by atomic mass is 16.3. The highest BCUT2D eigenvalue weighted by Crippen LogP contribution is 2.65. The summed E-state index contributed by atoms with van der Waals surface area (Å²) in [6.45, 7) is 14.4. The molecule has 3 heteroatoms. The average molecular weight is 713 g/mol. The molecule has 3 nitrogen and oxygen atoms in total. The van der Waals surface area contributed by atoms with Crippen molar-refractivity contribution in [1.82, 2.24) is 9.55 Å². The molecule has 2 aliphatic rings. The molecule has 0 fully saturated rings. The van der Waals surface area contributed by atoms with Crippen LogP contribution in [0.5, 0.6) is 0 Å². The van der Waals surface area contributed by atoms with Gasteiger partial charge in [0.1, 0.15) is 17.2 Å². The number of nitrogens with zero attached hydrogens (tertiary/aromatic N) is 2. The molecule has 0 saturated heterocycles. The Hall–Kier alpha value is -6.45. The number of aryl methyl sites for hydroxylation is 1. The van der Waals surface area contributed by atoms with Crippen molar-refractivity contribution in [3.8, 4) is 50.5 Å². The smallest absolute Gasteiger partial charge is 0.145 e. The maximum Gasteiger partial charge on any atom is 0.145 e. The van der Waals surface area contributed by atoms with Gasteiger partial charge in [-0.15, -0.1) is 0 Å². The first-order valence-electron chi connectivity index (χ1n) is 19.5. The number of aromatic nitrogens is 2. The van der Waals surface area contributed by atoms with Crippen LogP contribution in [0.25, 0.3) is 73.6 Å². The standard InChI is InChI=1S/C50H38N2O.C2H6/c1-5-16-39-44(7-3)53-45-30-29-37-36-19-11-13-22-40(36)50(48(37)47(39)45)41-23-14-12-20-38(41)46-35(21-15-24-42(46)50)32-25-27-33(28-26-32)49-51-43(6-2)31(4)52(49)34-17-9-8-10-18-34;1-2/h5-6,8-30H,2,7H2,1,3-4H3;1-2H3/b16-5-;. The molecule has 1 unspecified atom stereocenters. The Morgan fingerprint density at radius 2 is 1.33 bits per heavy atom. The van der Waals surface area contributed by atoms with Crippen LogP contribution in [0.4, 0.5) is 0 Å². The van der Waals surface area contributed by atoms with Crippen molar-refractivity contribution < 1.29 is 4.42 Å². The molecule has 6 aromatic carbocycles. The Kier molecular flexibility index (Phi) is 8.39. The number of rotatable bonds is 6. The lowest BCUT2D eigenvalue weighted by Crippen LogP contribution is -2.26. The molecule has 0 N–H and O–H groups in total. The summed E-state index contributed by atoms with van der Waals surface area (Å²) in [5.41, 5.74) is 18.6. The molecule has 0 aliphatic heterocycles. The van der Waals surface area contributed by atoms with E-state index in [1.165, 1.54) is 66.6 Å². The lowest BCUT2D eigenvalue weighted by atomic mass is 9.69. The van der Waals surface area contributed by atoms with Crippen molar-refractivity contribution in [2.75, 3.05) is 0 Å². The molecule has 2 aromatic heterocycles. The fourth-order valence-corrected chi connectivity index (χ4v) is 9.39. The largest absolute Gasteiger partial charge is 0.460 e. The van der Waals surface area contributed by atoms with Gasteiger partial charge in [0.2, 0.25) is 0 Å². The number of hydrogen-bond acceptors (Lipinski definition) is 2. The molecule has 0 bridgehead atoms. The zero-order valence-corrected chi connectivity index (χ0v) is 32.2. The van der Waals surface area contributed by atoms with E-state index in [4.69, 9.17) is 9.40 Å². The number of allylic oxidation sites excluding steroid dienone is 1. The second-order valence-electron chi connectivity index (χ2n) is 14.1. The lowest BCUT2D eigenvalue weighted by Gasteiger charge is -2.31. The van der Waals surface area contributed by atoms with Crippen molar-refractivity contribution in [3.05, 3.63) is 191 Å². The first-order valence-corrected chi connectivity index (χ1v) is 19.5. The lowest BCUT2D eigenvalue weighted by molar-refractivity contribution is 0.556. The van der Waals surface area contributed by atoms with Crippen LogP contribution < -0.4 is 0 Å². The first kappa shape index (κ1) is 34.3. The molecule has 2 heterocycles. The predicted octanol–water partition coefficient (Wildman–Crippen LogP) is 13.9. The Labute approximate surface area is 324 Å². The summed E-state index contributed by atoms with van der Waals surface area (Å²) in [5, 5.41) is 1.22. The van der Waals surface area contributed by atoms with E-state index in [1.54, 1.807) is 0 Å². The molecule has 0 amide bonds. The fraction of sp³-hybridized carbons (Fsp3) is 0.135. The van der Waals surface area contributed by atoms with Crippen LogP contribution in [0.1, 0.15) is 72.7 Å². The minimum Gasteiger partial charge on any atom is -0.460 e. The van der Waals surface area contributed by atoms with E-state index in [9.17, 15) is 0 Å².